The van der Waals surface area contributed by atoms with E-state index >= 15 is 0 Å². The Morgan fingerprint density at radius 1 is 0.893 bits per heavy atom. The van der Waals surface area contributed by atoms with Gasteiger partial charge >= 0.3 is 0 Å². The number of hydrogen-bond acceptors (Lipinski definition) is 5. The van der Waals surface area contributed by atoms with Crippen molar-refractivity contribution in [2.75, 3.05) is 41.5 Å². The summed E-state index contributed by atoms with van der Waals surface area (Å²) in [5.74, 6) is 3.59. The molecule has 0 radical (unpaired) electrons. The van der Waals surface area contributed by atoms with Gasteiger partial charge in [-0.2, -0.15) is 0 Å². The van der Waals surface area contributed by atoms with Crippen molar-refractivity contribution in [3.05, 3.63) is 48.0 Å². The SMILES string of the molecule is CN=C(NCCCOc1ccccc1)NCc1cc(OC)c(OC)cc1OC. The van der Waals surface area contributed by atoms with E-state index < -0.39 is 0 Å². The molecule has 0 aliphatic rings. The van der Waals surface area contributed by atoms with E-state index in [-0.39, 0.29) is 0 Å². The maximum atomic E-state index is 5.69. The number of nitrogens with one attached hydrogen (secondary N) is 2. The molecule has 0 atom stereocenters. The van der Waals surface area contributed by atoms with Gasteiger partial charge in [-0.05, 0) is 24.6 Å². The smallest absolute Gasteiger partial charge is 0.191 e. The average Bonchev–Trinajstić information content (AvgIpc) is 2.75. The molecule has 152 valence electrons. The monoisotopic (exact) mass is 387 g/mol. The Morgan fingerprint density at radius 2 is 1.57 bits per heavy atom. The van der Waals surface area contributed by atoms with Crippen LogP contribution in [-0.4, -0.2) is 47.5 Å². The summed E-state index contributed by atoms with van der Waals surface area (Å²) in [6, 6.07) is 13.5. The number of benzene rings is 2. The first kappa shape index (κ1) is 21.2. The molecule has 0 unspecified atom stereocenters. The molecule has 0 amide bonds. The number of ether oxygens (including phenoxy) is 4. The van der Waals surface area contributed by atoms with Gasteiger partial charge in [-0.3, -0.25) is 4.99 Å². The van der Waals surface area contributed by atoms with E-state index in [2.05, 4.69) is 15.6 Å². The van der Waals surface area contributed by atoms with Crippen LogP contribution in [0.3, 0.4) is 0 Å². The molecule has 0 saturated heterocycles. The summed E-state index contributed by atoms with van der Waals surface area (Å²) in [5, 5.41) is 6.56. The molecule has 0 heterocycles. The molecule has 0 fully saturated rings. The predicted octanol–water partition coefficient (Wildman–Crippen LogP) is 2.85. The molecule has 0 saturated carbocycles. The summed E-state index contributed by atoms with van der Waals surface area (Å²) in [5.41, 5.74) is 0.940. The molecule has 28 heavy (non-hydrogen) atoms. The number of rotatable bonds is 10. The third kappa shape index (κ3) is 6.26. The first-order chi connectivity index (χ1) is 13.7. The van der Waals surface area contributed by atoms with Crippen molar-refractivity contribution >= 4 is 5.96 Å². The van der Waals surface area contributed by atoms with Crippen molar-refractivity contribution in [3.8, 4) is 23.0 Å². The van der Waals surface area contributed by atoms with Gasteiger partial charge in [0, 0.05) is 31.8 Å². The summed E-state index contributed by atoms with van der Waals surface area (Å²) in [6.07, 6.45) is 0.856. The van der Waals surface area contributed by atoms with Gasteiger partial charge in [0.05, 0.1) is 27.9 Å². The number of hydrogen-bond donors (Lipinski definition) is 2. The zero-order chi connectivity index (χ0) is 20.2. The maximum absolute atomic E-state index is 5.69. The fraction of sp³-hybridized carbons (Fsp3) is 0.381. The van der Waals surface area contributed by atoms with Crippen LogP contribution in [0, 0.1) is 0 Å². The van der Waals surface area contributed by atoms with Gasteiger partial charge in [-0.15, -0.1) is 0 Å². The summed E-state index contributed by atoms with van der Waals surface area (Å²) in [6.45, 7) is 1.91. The molecule has 0 spiro atoms. The Hall–Kier alpha value is -3.09. The first-order valence-electron chi connectivity index (χ1n) is 9.13. The minimum atomic E-state index is 0.531. The van der Waals surface area contributed by atoms with Crippen molar-refractivity contribution in [1.29, 1.82) is 0 Å². The van der Waals surface area contributed by atoms with E-state index in [0.717, 1.165) is 30.0 Å². The lowest BCUT2D eigenvalue weighted by Crippen LogP contribution is -2.37. The van der Waals surface area contributed by atoms with Crippen LogP contribution in [0.25, 0.3) is 0 Å². The molecule has 7 nitrogen and oxygen atoms in total. The van der Waals surface area contributed by atoms with Crippen LogP contribution in [-0.2, 0) is 6.54 Å². The van der Waals surface area contributed by atoms with Gasteiger partial charge in [0.25, 0.3) is 0 Å². The molecule has 7 heteroatoms. The van der Waals surface area contributed by atoms with Crippen LogP contribution in [0.2, 0.25) is 0 Å². The number of guanidine groups is 1. The Morgan fingerprint density at radius 3 is 2.21 bits per heavy atom. The van der Waals surface area contributed by atoms with Crippen molar-refractivity contribution in [2.45, 2.75) is 13.0 Å². The highest BCUT2D eigenvalue weighted by Crippen LogP contribution is 2.34. The van der Waals surface area contributed by atoms with Crippen LogP contribution in [0.5, 0.6) is 23.0 Å². The third-order valence-corrected chi connectivity index (χ3v) is 4.08. The van der Waals surface area contributed by atoms with Gasteiger partial charge in [0.1, 0.15) is 11.5 Å². The number of methoxy groups -OCH3 is 3. The molecule has 2 rings (SSSR count). The molecule has 2 N–H and O–H groups in total. The summed E-state index contributed by atoms with van der Waals surface area (Å²) in [7, 11) is 6.58. The second kappa shape index (κ2) is 11.6. The van der Waals surface area contributed by atoms with Gasteiger partial charge in [0.15, 0.2) is 17.5 Å². The van der Waals surface area contributed by atoms with Crippen molar-refractivity contribution in [3.63, 3.8) is 0 Å². The summed E-state index contributed by atoms with van der Waals surface area (Å²) >= 11 is 0. The lowest BCUT2D eigenvalue weighted by Gasteiger charge is -2.16. The van der Waals surface area contributed by atoms with Crippen molar-refractivity contribution in [1.82, 2.24) is 10.6 Å². The van der Waals surface area contributed by atoms with E-state index in [1.807, 2.05) is 42.5 Å². The normalized spacial score (nSPS) is 10.9. The minimum absolute atomic E-state index is 0.531. The van der Waals surface area contributed by atoms with Crippen LogP contribution in [0.4, 0.5) is 0 Å². The number of aliphatic imine (C=N–C) groups is 1. The second-order valence-electron chi connectivity index (χ2n) is 5.89. The first-order valence-corrected chi connectivity index (χ1v) is 9.13. The zero-order valence-electron chi connectivity index (χ0n) is 17.0. The van der Waals surface area contributed by atoms with Crippen LogP contribution < -0.4 is 29.6 Å². The molecular weight excluding hydrogens is 358 g/mol. The standard InChI is InChI=1S/C21H29N3O4/c1-22-21(23-11-8-12-28-17-9-6-5-7-10-17)24-15-16-13-19(26-3)20(27-4)14-18(16)25-2/h5-7,9-10,13-14H,8,11-12,15H2,1-4H3,(H2,22,23,24). The molecule has 0 aliphatic carbocycles. The fourth-order valence-electron chi connectivity index (χ4n) is 2.62. The van der Waals surface area contributed by atoms with Crippen LogP contribution in [0.15, 0.2) is 47.5 Å². The van der Waals surface area contributed by atoms with Gasteiger partial charge in [0.2, 0.25) is 0 Å². The quantitative estimate of drug-likeness (QED) is 0.371. The average molecular weight is 387 g/mol. The van der Waals surface area contributed by atoms with E-state index in [0.29, 0.717) is 30.6 Å². The van der Waals surface area contributed by atoms with Crippen molar-refractivity contribution in [2.24, 2.45) is 4.99 Å². The topological polar surface area (TPSA) is 73.3 Å². The Labute approximate surface area is 166 Å². The summed E-state index contributed by atoms with van der Waals surface area (Å²) in [4.78, 5) is 4.25. The van der Waals surface area contributed by atoms with Crippen LogP contribution >= 0.6 is 0 Å². The van der Waals surface area contributed by atoms with Crippen molar-refractivity contribution < 1.29 is 18.9 Å². The van der Waals surface area contributed by atoms with E-state index in [9.17, 15) is 0 Å². The molecular formula is C21H29N3O4. The molecule has 0 aromatic heterocycles. The second-order valence-corrected chi connectivity index (χ2v) is 5.89. The van der Waals surface area contributed by atoms with Gasteiger partial charge < -0.3 is 29.6 Å². The lowest BCUT2D eigenvalue weighted by atomic mass is 10.1. The number of nitrogens with zero attached hydrogens (tertiary/aromatic N) is 1. The molecule has 2 aromatic carbocycles. The largest absolute Gasteiger partial charge is 0.496 e. The Balaban J connectivity index is 1.81. The fourth-order valence-corrected chi connectivity index (χ4v) is 2.62. The van der Waals surface area contributed by atoms with E-state index in [1.54, 1.807) is 28.4 Å². The molecule has 0 bridgehead atoms. The lowest BCUT2D eigenvalue weighted by molar-refractivity contribution is 0.311. The Kier molecular flexibility index (Phi) is 8.78. The highest BCUT2D eigenvalue weighted by atomic mass is 16.5. The zero-order valence-corrected chi connectivity index (χ0v) is 17.0. The molecule has 0 aliphatic heterocycles. The van der Waals surface area contributed by atoms with E-state index in [4.69, 9.17) is 18.9 Å². The van der Waals surface area contributed by atoms with E-state index in [1.165, 1.54) is 0 Å². The Bertz CT molecular complexity index is 751. The van der Waals surface area contributed by atoms with Crippen LogP contribution in [0.1, 0.15) is 12.0 Å². The van der Waals surface area contributed by atoms with Gasteiger partial charge in [-0.25, -0.2) is 0 Å². The van der Waals surface area contributed by atoms with Gasteiger partial charge in [-0.1, -0.05) is 18.2 Å². The number of para-hydroxylation sites is 1. The summed E-state index contributed by atoms with van der Waals surface area (Å²) < 4.78 is 21.8. The highest BCUT2D eigenvalue weighted by Gasteiger charge is 2.12. The third-order valence-electron chi connectivity index (χ3n) is 4.08. The maximum Gasteiger partial charge on any atom is 0.191 e. The highest BCUT2D eigenvalue weighted by molar-refractivity contribution is 5.79. The predicted molar refractivity (Wildman–Crippen MR) is 111 cm³/mol. The molecule has 2 aromatic rings. The minimum Gasteiger partial charge on any atom is -0.496 e.